The highest BCUT2D eigenvalue weighted by atomic mass is 16.7. The molecule has 5 rings (SSSR count). The number of hydrogen-bond donors (Lipinski definition) is 1. The molecule has 0 unspecified atom stereocenters. The Balaban J connectivity index is 1.29. The number of benzene rings is 1. The zero-order chi connectivity index (χ0) is 20.7. The Kier molecular flexibility index (Phi) is 4.66. The second-order valence-electron chi connectivity index (χ2n) is 7.44. The van der Waals surface area contributed by atoms with Gasteiger partial charge in [-0.3, -0.25) is 9.59 Å². The van der Waals surface area contributed by atoms with Crippen molar-refractivity contribution in [3.05, 3.63) is 41.6 Å². The summed E-state index contributed by atoms with van der Waals surface area (Å²) < 4.78 is 16.0. The van der Waals surface area contributed by atoms with Crippen molar-refractivity contribution in [2.24, 2.45) is 0 Å². The Labute approximate surface area is 173 Å². The topological polar surface area (TPSA) is 93.2 Å². The number of amides is 2. The van der Waals surface area contributed by atoms with Gasteiger partial charge in [0.05, 0.1) is 13.2 Å². The number of carbonyl (C=O) groups excluding carboxylic acids is 2. The summed E-state index contributed by atoms with van der Waals surface area (Å²) in [6.45, 7) is 5.04. The van der Waals surface area contributed by atoms with Crippen molar-refractivity contribution >= 4 is 23.3 Å². The Morgan fingerprint density at radius 2 is 1.93 bits per heavy atom. The van der Waals surface area contributed by atoms with Crippen LogP contribution < -0.4 is 19.7 Å². The Morgan fingerprint density at radius 3 is 2.77 bits per heavy atom. The van der Waals surface area contributed by atoms with Crippen LogP contribution in [0.2, 0.25) is 0 Å². The zero-order valence-electron chi connectivity index (χ0n) is 16.6. The fourth-order valence-electron chi connectivity index (χ4n) is 3.83. The molecule has 9 heteroatoms. The lowest BCUT2D eigenvalue weighted by Gasteiger charge is -2.27. The number of anilines is 2. The number of rotatable bonds is 4. The van der Waals surface area contributed by atoms with Crippen molar-refractivity contribution in [3.8, 4) is 11.5 Å². The van der Waals surface area contributed by atoms with E-state index in [1.54, 1.807) is 30.0 Å². The van der Waals surface area contributed by atoms with Crippen molar-refractivity contribution in [2.75, 3.05) is 43.3 Å². The van der Waals surface area contributed by atoms with E-state index in [-0.39, 0.29) is 18.6 Å². The number of hydrogen-bond acceptors (Lipinski definition) is 7. The van der Waals surface area contributed by atoms with Crippen molar-refractivity contribution in [2.45, 2.75) is 19.5 Å². The van der Waals surface area contributed by atoms with E-state index in [1.165, 1.54) is 0 Å². The van der Waals surface area contributed by atoms with Gasteiger partial charge >= 0.3 is 0 Å². The first kappa shape index (κ1) is 18.7. The number of ether oxygens (including phenoxy) is 3. The number of fused-ring (bicyclic) bond motifs is 2. The molecule has 1 atom stereocenters. The predicted molar refractivity (Wildman–Crippen MR) is 108 cm³/mol. The van der Waals surface area contributed by atoms with Gasteiger partial charge in [-0.1, -0.05) is 6.07 Å². The van der Waals surface area contributed by atoms with E-state index < -0.39 is 6.04 Å². The third-order valence-corrected chi connectivity index (χ3v) is 5.59. The SMILES string of the molecule is C[C@H](C(=O)Nc1ccc2c(c1)OCO2)N1Cc2ccc(N3CCOCC3)nc2C1=O. The molecular weight excluding hydrogens is 388 g/mol. The van der Waals surface area contributed by atoms with Crippen molar-refractivity contribution in [3.63, 3.8) is 0 Å². The second-order valence-corrected chi connectivity index (χ2v) is 7.44. The fraction of sp³-hybridized carbons (Fsp3) is 0.381. The van der Waals surface area contributed by atoms with Crippen LogP contribution in [0.25, 0.3) is 0 Å². The molecular formula is C21H22N4O5. The number of nitrogens with zero attached hydrogens (tertiary/aromatic N) is 3. The van der Waals surface area contributed by atoms with E-state index in [1.807, 2.05) is 12.1 Å². The molecule has 0 saturated carbocycles. The summed E-state index contributed by atoms with van der Waals surface area (Å²) in [6.07, 6.45) is 0. The van der Waals surface area contributed by atoms with Crippen LogP contribution in [-0.4, -0.2) is 60.8 Å². The summed E-state index contributed by atoms with van der Waals surface area (Å²) in [5, 5.41) is 2.85. The number of nitrogens with one attached hydrogen (secondary N) is 1. The van der Waals surface area contributed by atoms with Gasteiger partial charge in [0.25, 0.3) is 5.91 Å². The largest absolute Gasteiger partial charge is 0.454 e. The first-order valence-corrected chi connectivity index (χ1v) is 9.94. The van der Waals surface area contributed by atoms with Crippen LogP contribution in [-0.2, 0) is 16.1 Å². The minimum absolute atomic E-state index is 0.170. The first-order valence-electron chi connectivity index (χ1n) is 9.94. The molecule has 156 valence electrons. The first-order chi connectivity index (χ1) is 14.6. The van der Waals surface area contributed by atoms with Crippen LogP contribution in [0.1, 0.15) is 23.0 Å². The van der Waals surface area contributed by atoms with Crippen LogP contribution in [0, 0.1) is 0 Å². The molecule has 1 aromatic heterocycles. The molecule has 0 radical (unpaired) electrons. The van der Waals surface area contributed by atoms with Gasteiger partial charge in [-0.05, 0) is 25.1 Å². The summed E-state index contributed by atoms with van der Waals surface area (Å²) >= 11 is 0. The monoisotopic (exact) mass is 410 g/mol. The standard InChI is InChI=1S/C21H22N4O5/c1-13(20(26)22-15-3-4-16-17(10-15)30-12-29-16)25-11-14-2-5-18(23-19(14)21(25)27)24-6-8-28-9-7-24/h2-5,10,13H,6-9,11-12H2,1H3,(H,22,26)/t13-/m1/s1. The van der Waals surface area contributed by atoms with Gasteiger partial charge in [-0.15, -0.1) is 0 Å². The van der Waals surface area contributed by atoms with Gasteiger partial charge in [-0.25, -0.2) is 4.98 Å². The van der Waals surface area contributed by atoms with E-state index in [9.17, 15) is 9.59 Å². The maximum Gasteiger partial charge on any atom is 0.273 e. The van der Waals surface area contributed by atoms with Crippen LogP contribution in [0.5, 0.6) is 11.5 Å². The Hall–Kier alpha value is -3.33. The minimum Gasteiger partial charge on any atom is -0.454 e. The van der Waals surface area contributed by atoms with Gasteiger partial charge in [0.1, 0.15) is 17.6 Å². The summed E-state index contributed by atoms with van der Waals surface area (Å²) in [4.78, 5) is 34.0. The van der Waals surface area contributed by atoms with Gasteiger partial charge in [-0.2, -0.15) is 0 Å². The molecule has 0 aliphatic carbocycles. The van der Waals surface area contributed by atoms with Crippen molar-refractivity contribution in [1.29, 1.82) is 0 Å². The highest BCUT2D eigenvalue weighted by Gasteiger charge is 2.35. The maximum atomic E-state index is 13.0. The van der Waals surface area contributed by atoms with Crippen molar-refractivity contribution < 1.29 is 23.8 Å². The molecule has 1 fully saturated rings. The summed E-state index contributed by atoms with van der Waals surface area (Å²) in [5.74, 6) is 1.50. The molecule has 3 aliphatic heterocycles. The number of carbonyl (C=O) groups is 2. The van der Waals surface area contributed by atoms with Crippen LogP contribution >= 0.6 is 0 Å². The molecule has 0 spiro atoms. The normalized spacial score (nSPS) is 18.4. The third kappa shape index (κ3) is 3.30. The van der Waals surface area contributed by atoms with Crippen LogP contribution in [0.4, 0.5) is 11.5 Å². The molecule has 2 aromatic rings. The molecule has 4 heterocycles. The van der Waals surface area contributed by atoms with E-state index in [0.717, 1.165) is 24.5 Å². The molecule has 1 N–H and O–H groups in total. The molecule has 1 aromatic carbocycles. The summed E-state index contributed by atoms with van der Waals surface area (Å²) in [5.41, 5.74) is 1.84. The Bertz CT molecular complexity index is 1000. The lowest BCUT2D eigenvalue weighted by atomic mass is 10.2. The van der Waals surface area contributed by atoms with E-state index in [2.05, 4.69) is 15.2 Å². The average molecular weight is 410 g/mol. The minimum atomic E-state index is -0.649. The molecule has 30 heavy (non-hydrogen) atoms. The zero-order valence-corrected chi connectivity index (χ0v) is 16.6. The quantitative estimate of drug-likeness (QED) is 0.819. The van der Waals surface area contributed by atoms with E-state index in [0.29, 0.717) is 42.6 Å². The molecule has 0 bridgehead atoms. The van der Waals surface area contributed by atoms with Crippen LogP contribution in [0.3, 0.4) is 0 Å². The predicted octanol–water partition coefficient (Wildman–Crippen LogP) is 1.63. The summed E-state index contributed by atoms with van der Waals surface area (Å²) in [7, 11) is 0. The number of pyridine rings is 1. The second kappa shape index (κ2) is 7.49. The van der Waals surface area contributed by atoms with Gasteiger partial charge in [0.2, 0.25) is 12.7 Å². The molecule has 9 nitrogen and oxygen atoms in total. The van der Waals surface area contributed by atoms with Crippen LogP contribution in [0.15, 0.2) is 30.3 Å². The highest BCUT2D eigenvalue weighted by molar-refractivity contribution is 6.02. The van der Waals surface area contributed by atoms with Gasteiger partial charge in [0.15, 0.2) is 11.5 Å². The Morgan fingerprint density at radius 1 is 1.13 bits per heavy atom. The molecule has 1 saturated heterocycles. The highest BCUT2D eigenvalue weighted by Crippen LogP contribution is 2.34. The fourth-order valence-corrected chi connectivity index (χ4v) is 3.83. The van der Waals surface area contributed by atoms with E-state index >= 15 is 0 Å². The summed E-state index contributed by atoms with van der Waals surface area (Å²) in [6, 6.07) is 8.41. The lowest BCUT2D eigenvalue weighted by molar-refractivity contribution is -0.120. The lowest BCUT2D eigenvalue weighted by Crippen LogP contribution is -2.42. The molecule has 3 aliphatic rings. The average Bonchev–Trinajstić information content (AvgIpc) is 3.37. The number of aromatic nitrogens is 1. The number of morpholine rings is 1. The van der Waals surface area contributed by atoms with Gasteiger partial charge < -0.3 is 29.3 Å². The maximum absolute atomic E-state index is 13.0. The van der Waals surface area contributed by atoms with E-state index in [4.69, 9.17) is 14.2 Å². The third-order valence-electron chi connectivity index (χ3n) is 5.59. The van der Waals surface area contributed by atoms with Gasteiger partial charge in [0, 0.05) is 37.0 Å². The smallest absolute Gasteiger partial charge is 0.273 e. The van der Waals surface area contributed by atoms with Crippen molar-refractivity contribution in [1.82, 2.24) is 9.88 Å². The molecule has 2 amide bonds.